The number of halogens is 10. The summed E-state index contributed by atoms with van der Waals surface area (Å²) >= 11 is 11.6. The van der Waals surface area contributed by atoms with Gasteiger partial charge in [-0.2, -0.15) is 30.7 Å². The van der Waals surface area contributed by atoms with Crippen LogP contribution in [0, 0.1) is 0 Å². The van der Waals surface area contributed by atoms with Crippen LogP contribution < -0.4 is 0 Å². The first kappa shape index (κ1) is 23.6. The Morgan fingerprint density at radius 3 is 2.14 bits per heavy atom. The molecule has 2 nitrogen and oxygen atoms in total. The Hall–Kier alpha value is -0.720. The summed E-state index contributed by atoms with van der Waals surface area (Å²) in [5.41, 5.74) is 0.208. The van der Waals surface area contributed by atoms with Crippen molar-refractivity contribution in [2.24, 2.45) is 0 Å². The lowest BCUT2D eigenvalue weighted by atomic mass is 10.1. The van der Waals surface area contributed by atoms with E-state index in [0.717, 1.165) is 6.07 Å². The summed E-state index contributed by atoms with van der Waals surface area (Å²) in [6, 6.07) is 4.96. The summed E-state index contributed by atoms with van der Waals surface area (Å²) < 4.78 is 104. The fourth-order valence-corrected chi connectivity index (χ4v) is 5.08. The normalized spacial score (nSPS) is 14.2. The summed E-state index contributed by atoms with van der Waals surface area (Å²) in [5, 5.41) is -5.78. The minimum atomic E-state index is -6.59. The van der Waals surface area contributed by atoms with Crippen molar-refractivity contribution in [1.82, 2.24) is 4.98 Å². The maximum atomic E-state index is 14.0. The molecule has 154 valence electrons. The second-order valence-electron chi connectivity index (χ2n) is 5.39. The highest BCUT2D eigenvalue weighted by Crippen LogP contribution is 2.50. The molecule has 0 bridgehead atoms. The van der Waals surface area contributed by atoms with Gasteiger partial charge in [-0.05, 0) is 29.3 Å². The third kappa shape index (κ3) is 4.54. The fraction of sp³-hybridized carbons (Fsp3) is 0.267. The van der Waals surface area contributed by atoms with Crippen LogP contribution >= 0.6 is 43.5 Å². The zero-order valence-corrected chi connectivity index (χ0v) is 17.9. The Balaban J connectivity index is 2.58. The van der Waals surface area contributed by atoms with Crippen molar-refractivity contribution in [2.75, 3.05) is 0 Å². The SMILES string of the molecule is O=S(c1cc(Br)cc(Br)c1Cc1ccc(Cl)nc1)C(F)(F)C(F)(F)C(F)(F)F. The van der Waals surface area contributed by atoms with Gasteiger partial charge in [-0.3, -0.25) is 0 Å². The quantitative estimate of drug-likeness (QED) is 0.291. The third-order valence-electron chi connectivity index (χ3n) is 3.44. The number of pyridine rings is 1. The molecule has 28 heavy (non-hydrogen) atoms. The van der Waals surface area contributed by atoms with E-state index >= 15 is 0 Å². The highest BCUT2D eigenvalue weighted by molar-refractivity contribution is 9.11. The molecule has 2 rings (SSSR count). The second-order valence-corrected chi connectivity index (χ2v) is 9.04. The zero-order valence-electron chi connectivity index (χ0n) is 13.1. The number of benzene rings is 1. The van der Waals surface area contributed by atoms with Gasteiger partial charge < -0.3 is 0 Å². The molecule has 0 N–H and O–H groups in total. The first-order chi connectivity index (χ1) is 12.7. The Kier molecular flexibility index (Phi) is 6.89. The molecule has 1 aromatic heterocycles. The fourth-order valence-electron chi connectivity index (χ4n) is 2.05. The summed E-state index contributed by atoms with van der Waals surface area (Å²) in [4.78, 5) is 2.88. The van der Waals surface area contributed by atoms with Crippen LogP contribution in [0.25, 0.3) is 0 Å². The molecule has 0 amide bonds. The summed E-state index contributed by atoms with van der Waals surface area (Å²) in [6.07, 6.45) is -5.56. The Morgan fingerprint density at radius 2 is 1.64 bits per heavy atom. The highest BCUT2D eigenvalue weighted by atomic mass is 79.9. The van der Waals surface area contributed by atoms with Gasteiger partial charge in [-0.15, -0.1) is 0 Å². The summed E-state index contributed by atoms with van der Waals surface area (Å²) in [7, 11) is -4.03. The van der Waals surface area contributed by atoms with Crippen LogP contribution in [0.3, 0.4) is 0 Å². The monoisotopic (exact) mass is 575 g/mol. The van der Waals surface area contributed by atoms with Gasteiger partial charge in [0.1, 0.15) is 16.0 Å². The molecule has 2 aromatic rings. The van der Waals surface area contributed by atoms with Crippen molar-refractivity contribution < 1.29 is 34.9 Å². The predicted molar refractivity (Wildman–Crippen MR) is 96.3 cm³/mol. The molecular formula is C15H7Br2ClF7NOS. The maximum Gasteiger partial charge on any atom is 0.461 e. The smallest absolute Gasteiger partial charge is 0.248 e. The number of hydrogen-bond donors (Lipinski definition) is 0. The van der Waals surface area contributed by atoms with E-state index in [2.05, 4.69) is 36.8 Å². The largest absolute Gasteiger partial charge is 0.461 e. The minimum Gasteiger partial charge on any atom is -0.248 e. The Bertz CT molecular complexity index is 906. The van der Waals surface area contributed by atoms with Crippen LogP contribution in [-0.4, -0.2) is 26.5 Å². The Labute approximate surface area is 178 Å². The molecule has 0 saturated carbocycles. The number of nitrogens with zero attached hydrogens (tertiary/aromatic N) is 1. The predicted octanol–water partition coefficient (Wildman–Crippen LogP) is 6.75. The van der Waals surface area contributed by atoms with E-state index in [1.54, 1.807) is 0 Å². The molecule has 0 aliphatic rings. The van der Waals surface area contributed by atoms with E-state index in [9.17, 15) is 34.9 Å². The van der Waals surface area contributed by atoms with Crippen LogP contribution in [0.5, 0.6) is 0 Å². The molecule has 0 aliphatic carbocycles. The van der Waals surface area contributed by atoms with Gasteiger partial charge in [0.25, 0.3) is 0 Å². The molecule has 1 unspecified atom stereocenters. The Morgan fingerprint density at radius 1 is 1.04 bits per heavy atom. The van der Waals surface area contributed by atoms with Gasteiger partial charge in [0.2, 0.25) is 0 Å². The summed E-state index contributed by atoms with van der Waals surface area (Å²) in [6.45, 7) is 0. The van der Waals surface area contributed by atoms with Crippen molar-refractivity contribution in [2.45, 2.75) is 28.7 Å². The van der Waals surface area contributed by atoms with Gasteiger partial charge in [0.05, 0.1) is 4.90 Å². The van der Waals surface area contributed by atoms with Crippen LogP contribution in [0.15, 0.2) is 44.3 Å². The van der Waals surface area contributed by atoms with Crippen molar-refractivity contribution in [3.63, 3.8) is 0 Å². The molecule has 0 aliphatic heterocycles. The molecule has 0 spiro atoms. The van der Waals surface area contributed by atoms with E-state index in [1.807, 2.05) is 0 Å². The van der Waals surface area contributed by atoms with Gasteiger partial charge in [-0.25, -0.2) is 9.19 Å². The second kappa shape index (κ2) is 8.19. The van der Waals surface area contributed by atoms with Crippen molar-refractivity contribution in [1.29, 1.82) is 0 Å². The van der Waals surface area contributed by atoms with Gasteiger partial charge in [0, 0.05) is 21.6 Å². The van der Waals surface area contributed by atoms with Crippen LogP contribution in [0.2, 0.25) is 5.15 Å². The number of aromatic nitrogens is 1. The number of rotatable bonds is 5. The zero-order chi connectivity index (χ0) is 21.5. The van der Waals surface area contributed by atoms with E-state index in [4.69, 9.17) is 11.6 Å². The topological polar surface area (TPSA) is 30.0 Å². The average Bonchev–Trinajstić information content (AvgIpc) is 2.56. The minimum absolute atomic E-state index is 0.0480. The van der Waals surface area contributed by atoms with Crippen molar-refractivity contribution in [3.05, 3.63) is 55.7 Å². The first-order valence-electron chi connectivity index (χ1n) is 7.01. The lowest BCUT2D eigenvalue weighted by Gasteiger charge is -2.28. The van der Waals surface area contributed by atoms with Crippen molar-refractivity contribution >= 4 is 54.3 Å². The highest BCUT2D eigenvalue weighted by Gasteiger charge is 2.76. The number of alkyl halides is 7. The average molecular weight is 578 g/mol. The molecular weight excluding hydrogens is 570 g/mol. The van der Waals surface area contributed by atoms with Gasteiger partial charge in [0.15, 0.2) is 0 Å². The third-order valence-corrected chi connectivity index (χ3v) is 6.32. The molecule has 1 heterocycles. The van der Waals surface area contributed by atoms with Gasteiger partial charge >= 0.3 is 17.4 Å². The molecule has 13 heteroatoms. The molecule has 0 radical (unpaired) electrons. The molecule has 1 atom stereocenters. The van der Waals surface area contributed by atoms with E-state index < -0.39 is 33.0 Å². The van der Waals surface area contributed by atoms with E-state index in [0.29, 0.717) is 5.56 Å². The maximum absolute atomic E-state index is 14.0. The summed E-state index contributed by atoms with van der Waals surface area (Å²) in [5.74, 6) is -6.50. The van der Waals surface area contributed by atoms with Crippen LogP contribution in [-0.2, 0) is 17.2 Å². The van der Waals surface area contributed by atoms with Gasteiger partial charge in [-0.1, -0.05) is 49.5 Å². The molecule has 1 aromatic carbocycles. The first-order valence-corrected chi connectivity index (χ1v) is 10.1. The molecule has 0 fully saturated rings. The molecule has 0 saturated heterocycles. The van der Waals surface area contributed by atoms with Crippen LogP contribution in [0.1, 0.15) is 11.1 Å². The van der Waals surface area contributed by atoms with Crippen LogP contribution in [0.4, 0.5) is 30.7 Å². The lowest BCUT2D eigenvalue weighted by molar-refractivity contribution is -0.331. The lowest BCUT2D eigenvalue weighted by Crippen LogP contribution is -2.54. The van der Waals surface area contributed by atoms with E-state index in [-0.39, 0.29) is 26.1 Å². The van der Waals surface area contributed by atoms with Crippen molar-refractivity contribution in [3.8, 4) is 0 Å². The standard InChI is InChI=1S/C15H7Br2ClF7NOS/c16-8-4-10(17)9(3-7-1-2-12(18)26-6-7)11(5-8)28(27)15(24,25)13(19,20)14(21,22)23/h1-2,4-6H,3H2. The number of hydrogen-bond acceptors (Lipinski definition) is 2. The van der Waals surface area contributed by atoms with E-state index in [1.165, 1.54) is 24.4 Å².